The van der Waals surface area contributed by atoms with Crippen LogP contribution in [0.2, 0.25) is 0 Å². The third-order valence-electron chi connectivity index (χ3n) is 3.88. The second-order valence-corrected chi connectivity index (χ2v) is 5.94. The van der Waals surface area contributed by atoms with Gasteiger partial charge in [-0.2, -0.15) is 0 Å². The highest BCUT2D eigenvalue weighted by atomic mass is 16.5. The van der Waals surface area contributed by atoms with Crippen molar-refractivity contribution >= 4 is 23.0 Å². The molecule has 0 fully saturated rings. The third-order valence-corrected chi connectivity index (χ3v) is 3.88. The van der Waals surface area contributed by atoms with Crippen molar-refractivity contribution in [3.63, 3.8) is 0 Å². The zero-order valence-electron chi connectivity index (χ0n) is 14.4. The number of aromatic nitrogens is 1. The van der Waals surface area contributed by atoms with E-state index in [0.717, 1.165) is 0 Å². The van der Waals surface area contributed by atoms with Gasteiger partial charge < -0.3 is 14.1 Å². The zero-order chi connectivity index (χ0) is 18.7. The molecule has 0 saturated carbocycles. The molecule has 1 aromatic heterocycles. The van der Waals surface area contributed by atoms with Gasteiger partial charge in [-0.1, -0.05) is 42.5 Å². The van der Waals surface area contributed by atoms with Crippen molar-refractivity contribution in [3.05, 3.63) is 70.7 Å². The SMILES string of the molecule is CN(C)C(=O)[C@@H](OC(=O)Cn1c(=O)oc2ccccc21)c1ccccc1. The highest BCUT2D eigenvalue weighted by molar-refractivity contribution is 5.85. The van der Waals surface area contributed by atoms with E-state index in [-0.39, 0.29) is 12.5 Å². The summed E-state index contributed by atoms with van der Waals surface area (Å²) in [5.74, 6) is -1.73. The summed E-state index contributed by atoms with van der Waals surface area (Å²) in [5, 5.41) is 0. The van der Waals surface area contributed by atoms with Gasteiger partial charge in [-0.05, 0) is 12.1 Å². The predicted octanol–water partition coefficient (Wildman–Crippen LogP) is 1.97. The molecule has 0 bridgehead atoms. The van der Waals surface area contributed by atoms with Crippen molar-refractivity contribution in [2.75, 3.05) is 14.1 Å². The Balaban J connectivity index is 1.85. The monoisotopic (exact) mass is 354 g/mol. The molecule has 1 amide bonds. The summed E-state index contributed by atoms with van der Waals surface area (Å²) in [7, 11) is 3.17. The summed E-state index contributed by atoms with van der Waals surface area (Å²) in [4.78, 5) is 38.2. The number of benzene rings is 2. The van der Waals surface area contributed by atoms with Crippen LogP contribution >= 0.6 is 0 Å². The lowest BCUT2D eigenvalue weighted by atomic mass is 10.1. The van der Waals surface area contributed by atoms with Crippen LogP contribution in [-0.4, -0.2) is 35.4 Å². The molecule has 7 heteroatoms. The van der Waals surface area contributed by atoms with Crippen LogP contribution in [0, 0.1) is 0 Å². The molecule has 0 aliphatic rings. The van der Waals surface area contributed by atoms with Gasteiger partial charge in [0.15, 0.2) is 5.58 Å². The van der Waals surface area contributed by atoms with Crippen LogP contribution in [0.25, 0.3) is 11.1 Å². The number of nitrogens with zero attached hydrogens (tertiary/aromatic N) is 2. The maximum absolute atomic E-state index is 12.4. The van der Waals surface area contributed by atoms with Gasteiger partial charge in [0.05, 0.1) is 5.52 Å². The molecule has 0 saturated heterocycles. The molecule has 1 atom stereocenters. The zero-order valence-corrected chi connectivity index (χ0v) is 14.4. The maximum atomic E-state index is 12.4. The lowest BCUT2D eigenvalue weighted by Gasteiger charge is -2.21. The molecule has 0 spiro atoms. The molecule has 0 aliphatic carbocycles. The highest BCUT2D eigenvalue weighted by Crippen LogP contribution is 2.20. The average Bonchev–Trinajstić information content (AvgIpc) is 2.95. The van der Waals surface area contributed by atoms with E-state index in [1.54, 1.807) is 68.7 Å². The van der Waals surface area contributed by atoms with Crippen LogP contribution in [-0.2, 0) is 20.9 Å². The van der Waals surface area contributed by atoms with Crippen molar-refractivity contribution in [2.45, 2.75) is 12.6 Å². The second-order valence-electron chi connectivity index (χ2n) is 5.94. The minimum absolute atomic E-state index is 0.347. The fourth-order valence-corrected chi connectivity index (χ4v) is 2.58. The van der Waals surface area contributed by atoms with E-state index < -0.39 is 17.8 Å². The Morgan fingerprint density at radius 1 is 1.08 bits per heavy atom. The highest BCUT2D eigenvalue weighted by Gasteiger charge is 2.27. The minimum atomic E-state index is -1.08. The fourth-order valence-electron chi connectivity index (χ4n) is 2.58. The number of likely N-dealkylation sites (N-methyl/N-ethyl adjacent to an activating group) is 1. The van der Waals surface area contributed by atoms with Gasteiger partial charge in [-0.15, -0.1) is 0 Å². The van der Waals surface area contributed by atoms with Crippen LogP contribution in [0.4, 0.5) is 0 Å². The first-order valence-corrected chi connectivity index (χ1v) is 8.01. The van der Waals surface area contributed by atoms with Gasteiger partial charge in [0, 0.05) is 19.7 Å². The molecular weight excluding hydrogens is 336 g/mol. The quantitative estimate of drug-likeness (QED) is 0.654. The number of hydrogen-bond acceptors (Lipinski definition) is 5. The summed E-state index contributed by atoms with van der Waals surface area (Å²) < 4.78 is 11.7. The van der Waals surface area contributed by atoms with Crippen LogP contribution < -0.4 is 5.76 Å². The number of carbonyl (C=O) groups is 2. The van der Waals surface area contributed by atoms with Crippen LogP contribution in [0.3, 0.4) is 0 Å². The van der Waals surface area contributed by atoms with Gasteiger partial charge in [0.1, 0.15) is 6.54 Å². The molecule has 7 nitrogen and oxygen atoms in total. The smallest absolute Gasteiger partial charge is 0.420 e. The first-order valence-electron chi connectivity index (χ1n) is 8.01. The summed E-state index contributed by atoms with van der Waals surface area (Å²) in [6.07, 6.45) is -1.08. The molecule has 134 valence electrons. The first kappa shape index (κ1) is 17.5. The minimum Gasteiger partial charge on any atom is -0.446 e. The van der Waals surface area contributed by atoms with Gasteiger partial charge in [-0.25, -0.2) is 4.79 Å². The third kappa shape index (κ3) is 3.51. The van der Waals surface area contributed by atoms with Crippen molar-refractivity contribution in [1.29, 1.82) is 0 Å². The number of ether oxygens (including phenoxy) is 1. The first-order chi connectivity index (χ1) is 12.5. The van der Waals surface area contributed by atoms with Crippen LogP contribution in [0.15, 0.2) is 63.8 Å². The van der Waals surface area contributed by atoms with E-state index in [9.17, 15) is 14.4 Å². The van der Waals surface area contributed by atoms with E-state index >= 15 is 0 Å². The molecule has 0 unspecified atom stereocenters. The molecule has 2 aromatic carbocycles. The Bertz CT molecular complexity index is 988. The number of esters is 1. The number of amides is 1. The number of hydrogen-bond donors (Lipinski definition) is 0. The van der Waals surface area contributed by atoms with Gasteiger partial charge >= 0.3 is 11.7 Å². The molecular formula is C19H18N2O5. The van der Waals surface area contributed by atoms with E-state index in [1.165, 1.54) is 9.47 Å². The number of fused-ring (bicyclic) bond motifs is 1. The van der Waals surface area contributed by atoms with E-state index in [0.29, 0.717) is 16.7 Å². The molecule has 1 heterocycles. The van der Waals surface area contributed by atoms with E-state index in [4.69, 9.17) is 9.15 Å². The standard InChI is InChI=1S/C19H18N2O5/c1-20(2)18(23)17(13-8-4-3-5-9-13)26-16(22)12-21-14-10-6-7-11-15(14)25-19(21)24/h3-11,17H,12H2,1-2H3/t17-/m0/s1. The van der Waals surface area contributed by atoms with Gasteiger partial charge in [0.25, 0.3) is 5.91 Å². The molecule has 26 heavy (non-hydrogen) atoms. The number of para-hydroxylation sites is 2. The molecule has 3 rings (SSSR count). The summed E-state index contributed by atoms with van der Waals surface area (Å²) in [6.45, 7) is -0.347. The van der Waals surface area contributed by atoms with E-state index in [2.05, 4.69) is 0 Å². The maximum Gasteiger partial charge on any atom is 0.420 e. The Morgan fingerprint density at radius 2 is 1.73 bits per heavy atom. The Hall–Kier alpha value is -3.35. The second kappa shape index (κ2) is 7.26. The topological polar surface area (TPSA) is 81.8 Å². The number of carbonyl (C=O) groups excluding carboxylic acids is 2. The summed E-state index contributed by atoms with van der Waals surface area (Å²) in [5.41, 5.74) is 1.43. The largest absolute Gasteiger partial charge is 0.446 e. The van der Waals surface area contributed by atoms with Crippen molar-refractivity contribution in [2.24, 2.45) is 0 Å². The molecule has 0 N–H and O–H groups in total. The van der Waals surface area contributed by atoms with Crippen molar-refractivity contribution < 1.29 is 18.7 Å². The Labute approximate surface area is 149 Å². The van der Waals surface area contributed by atoms with Crippen molar-refractivity contribution in [3.8, 4) is 0 Å². The summed E-state index contributed by atoms with van der Waals surface area (Å²) in [6, 6.07) is 15.5. The van der Waals surface area contributed by atoms with Crippen LogP contribution in [0.5, 0.6) is 0 Å². The number of rotatable bonds is 5. The molecule has 3 aromatic rings. The average molecular weight is 354 g/mol. The predicted molar refractivity (Wildman–Crippen MR) is 94.4 cm³/mol. The lowest BCUT2D eigenvalue weighted by molar-refractivity contribution is -0.160. The van der Waals surface area contributed by atoms with Crippen molar-refractivity contribution in [1.82, 2.24) is 9.47 Å². The normalized spacial score (nSPS) is 11.9. The Kier molecular flexibility index (Phi) is 4.88. The van der Waals surface area contributed by atoms with E-state index in [1.807, 2.05) is 0 Å². The molecule has 0 aliphatic heterocycles. The molecule has 0 radical (unpaired) electrons. The summed E-state index contributed by atoms with van der Waals surface area (Å²) >= 11 is 0. The van der Waals surface area contributed by atoms with Gasteiger partial charge in [-0.3, -0.25) is 14.2 Å². The fraction of sp³-hybridized carbons (Fsp3) is 0.211. The van der Waals surface area contributed by atoms with Crippen LogP contribution in [0.1, 0.15) is 11.7 Å². The lowest BCUT2D eigenvalue weighted by Crippen LogP contribution is -2.32. The number of oxazole rings is 1. The van der Waals surface area contributed by atoms with Gasteiger partial charge in [0.2, 0.25) is 6.10 Å². The Morgan fingerprint density at radius 3 is 2.42 bits per heavy atom.